The molecule has 1 aliphatic rings. The highest BCUT2D eigenvalue weighted by molar-refractivity contribution is 5.92. The molecule has 0 saturated carbocycles. The number of amides is 1. The molecular weight excluding hydrogens is 456 g/mol. The summed E-state index contributed by atoms with van der Waals surface area (Å²) in [6.45, 7) is 2.50. The third kappa shape index (κ3) is 6.62. The molecule has 3 aromatic carbocycles. The van der Waals surface area contributed by atoms with Crippen LogP contribution in [0.25, 0.3) is 0 Å². The fourth-order valence-electron chi connectivity index (χ4n) is 5.25. The van der Waals surface area contributed by atoms with Gasteiger partial charge in [0.25, 0.3) is 5.91 Å². The lowest BCUT2D eigenvalue weighted by Gasteiger charge is -2.32. The number of rotatable bonds is 9. The summed E-state index contributed by atoms with van der Waals surface area (Å²) in [6.07, 6.45) is 4.23. The maximum absolute atomic E-state index is 12.8. The van der Waals surface area contributed by atoms with E-state index in [9.17, 15) is 4.79 Å². The third-order valence-corrected chi connectivity index (χ3v) is 7.31. The Bertz CT molecular complexity index is 1200. The maximum Gasteiger partial charge on any atom is 0.271 e. The summed E-state index contributed by atoms with van der Waals surface area (Å²) in [5, 5.41) is 11.7. The summed E-state index contributed by atoms with van der Waals surface area (Å²) in [6, 6.07) is 35.3. The van der Waals surface area contributed by atoms with Crippen molar-refractivity contribution in [2.24, 2.45) is 5.92 Å². The van der Waals surface area contributed by atoms with Crippen LogP contribution < -0.4 is 10.2 Å². The van der Waals surface area contributed by atoms with Crippen molar-refractivity contribution in [3.8, 4) is 0 Å². The first-order chi connectivity index (χ1) is 18.3. The number of nitrogens with one attached hydrogen (secondary N) is 1. The lowest BCUT2D eigenvalue weighted by Crippen LogP contribution is -2.35. The van der Waals surface area contributed by atoms with Crippen molar-refractivity contribution in [2.75, 3.05) is 24.5 Å². The van der Waals surface area contributed by atoms with Gasteiger partial charge in [-0.2, -0.15) is 0 Å². The van der Waals surface area contributed by atoms with Crippen molar-refractivity contribution in [3.63, 3.8) is 0 Å². The van der Waals surface area contributed by atoms with Crippen LogP contribution in [0, 0.1) is 5.92 Å². The normalized spacial score (nSPS) is 14.0. The molecule has 1 N–H and O–H groups in total. The largest absolute Gasteiger partial charge is 0.355 e. The van der Waals surface area contributed by atoms with Crippen molar-refractivity contribution in [1.82, 2.24) is 15.5 Å². The van der Waals surface area contributed by atoms with Crippen LogP contribution >= 0.6 is 0 Å². The van der Waals surface area contributed by atoms with Gasteiger partial charge in [-0.1, -0.05) is 91.0 Å². The van der Waals surface area contributed by atoms with Crippen molar-refractivity contribution in [3.05, 3.63) is 126 Å². The smallest absolute Gasteiger partial charge is 0.271 e. The number of nitrogens with zero attached hydrogens (tertiary/aromatic N) is 3. The van der Waals surface area contributed by atoms with E-state index < -0.39 is 0 Å². The number of piperidine rings is 1. The van der Waals surface area contributed by atoms with Crippen LogP contribution in [0.5, 0.6) is 0 Å². The van der Waals surface area contributed by atoms with Gasteiger partial charge in [-0.15, -0.1) is 10.2 Å². The van der Waals surface area contributed by atoms with Crippen LogP contribution in [0.15, 0.2) is 103 Å². The minimum atomic E-state index is -0.180. The Morgan fingerprint density at radius 3 is 1.95 bits per heavy atom. The second kappa shape index (κ2) is 12.3. The average Bonchev–Trinajstić information content (AvgIpc) is 2.97. The van der Waals surface area contributed by atoms with Crippen LogP contribution in [-0.2, 0) is 6.42 Å². The van der Waals surface area contributed by atoms with Gasteiger partial charge in [0.15, 0.2) is 11.5 Å². The van der Waals surface area contributed by atoms with Gasteiger partial charge in [-0.3, -0.25) is 4.79 Å². The molecule has 1 aromatic heterocycles. The van der Waals surface area contributed by atoms with E-state index in [2.05, 4.69) is 99.3 Å². The SMILES string of the molecule is O=C(NCCC(c1ccccc1)c1ccccc1)c1ccc(N2CCC(Cc3ccccc3)CC2)nn1. The Morgan fingerprint density at radius 2 is 1.38 bits per heavy atom. The van der Waals surface area contributed by atoms with Crippen molar-refractivity contribution >= 4 is 11.7 Å². The maximum atomic E-state index is 12.8. The number of benzene rings is 3. The van der Waals surface area contributed by atoms with Gasteiger partial charge < -0.3 is 10.2 Å². The van der Waals surface area contributed by atoms with Crippen LogP contribution in [0.2, 0.25) is 0 Å². The molecule has 0 aliphatic carbocycles. The molecule has 37 heavy (non-hydrogen) atoms. The molecular formula is C32H34N4O. The lowest BCUT2D eigenvalue weighted by atomic mass is 9.88. The average molecular weight is 491 g/mol. The van der Waals surface area contributed by atoms with Crippen LogP contribution in [0.4, 0.5) is 5.82 Å². The Balaban J connectivity index is 1.12. The van der Waals surface area contributed by atoms with Gasteiger partial charge in [0, 0.05) is 25.6 Å². The zero-order valence-corrected chi connectivity index (χ0v) is 21.2. The Morgan fingerprint density at radius 1 is 0.784 bits per heavy atom. The molecule has 4 aromatic rings. The highest BCUT2D eigenvalue weighted by Gasteiger charge is 2.21. The molecule has 2 heterocycles. The summed E-state index contributed by atoms with van der Waals surface area (Å²) in [4.78, 5) is 15.1. The predicted octanol–water partition coefficient (Wildman–Crippen LogP) is 5.89. The number of hydrogen-bond donors (Lipinski definition) is 1. The number of carbonyl (C=O) groups is 1. The number of hydrogen-bond acceptors (Lipinski definition) is 4. The summed E-state index contributed by atoms with van der Waals surface area (Å²) in [7, 11) is 0. The van der Waals surface area contributed by atoms with Crippen LogP contribution in [0.1, 0.15) is 52.4 Å². The first kappa shape index (κ1) is 24.7. The zero-order chi connectivity index (χ0) is 25.3. The van der Waals surface area contributed by atoms with Crippen molar-refractivity contribution in [2.45, 2.75) is 31.6 Å². The monoisotopic (exact) mass is 490 g/mol. The molecule has 1 aliphatic heterocycles. The molecule has 5 nitrogen and oxygen atoms in total. The molecule has 0 spiro atoms. The molecule has 0 radical (unpaired) electrons. The van der Waals surface area contributed by atoms with Crippen molar-refractivity contribution in [1.29, 1.82) is 0 Å². The fourth-order valence-corrected chi connectivity index (χ4v) is 5.25. The topological polar surface area (TPSA) is 58.1 Å². The van der Waals surface area contributed by atoms with Gasteiger partial charge in [-0.05, 0) is 60.4 Å². The van der Waals surface area contributed by atoms with Gasteiger partial charge in [-0.25, -0.2) is 0 Å². The second-order valence-electron chi connectivity index (χ2n) is 9.82. The number of anilines is 1. The molecule has 0 bridgehead atoms. The Labute approximate surface area is 219 Å². The van der Waals surface area contributed by atoms with Crippen LogP contribution in [0.3, 0.4) is 0 Å². The summed E-state index contributed by atoms with van der Waals surface area (Å²) >= 11 is 0. The summed E-state index contributed by atoms with van der Waals surface area (Å²) in [5.74, 6) is 1.59. The van der Waals surface area contributed by atoms with E-state index in [4.69, 9.17) is 0 Å². The Kier molecular flexibility index (Phi) is 8.21. The number of aromatic nitrogens is 2. The minimum Gasteiger partial charge on any atom is -0.355 e. The molecule has 0 atom stereocenters. The van der Waals surface area contributed by atoms with E-state index in [-0.39, 0.29) is 11.8 Å². The number of carbonyl (C=O) groups excluding carboxylic acids is 1. The molecule has 5 rings (SSSR count). The van der Waals surface area contributed by atoms with Gasteiger partial charge in [0.05, 0.1) is 0 Å². The molecule has 0 unspecified atom stereocenters. The quantitative estimate of drug-likeness (QED) is 0.318. The Hall–Kier alpha value is -3.99. The summed E-state index contributed by atoms with van der Waals surface area (Å²) in [5.41, 5.74) is 4.27. The molecule has 1 fully saturated rings. The van der Waals surface area contributed by atoms with Crippen molar-refractivity contribution < 1.29 is 4.79 Å². The van der Waals surface area contributed by atoms with Gasteiger partial charge in [0.2, 0.25) is 0 Å². The third-order valence-electron chi connectivity index (χ3n) is 7.31. The fraction of sp³-hybridized carbons (Fsp3) is 0.281. The molecule has 1 saturated heterocycles. The van der Waals surface area contributed by atoms with Gasteiger partial charge in [0.1, 0.15) is 0 Å². The van der Waals surface area contributed by atoms with E-state index in [1.54, 1.807) is 6.07 Å². The highest BCUT2D eigenvalue weighted by atomic mass is 16.1. The van der Waals surface area contributed by atoms with Crippen LogP contribution in [-0.4, -0.2) is 35.7 Å². The van der Waals surface area contributed by atoms with E-state index in [1.165, 1.54) is 16.7 Å². The first-order valence-electron chi connectivity index (χ1n) is 13.3. The predicted molar refractivity (Wildman–Crippen MR) is 149 cm³/mol. The first-order valence-corrected chi connectivity index (χ1v) is 13.3. The zero-order valence-electron chi connectivity index (χ0n) is 21.2. The van der Waals surface area contributed by atoms with Gasteiger partial charge >= 0.3 is 0 Å². The molecule has 1 amide bonds. The lowest BCUT2D eigenvalue weighted by molar-refractivity contribution is 0.0947. The standard InChI is InChI=1S/C32H34N4O/c37-32(33-21-18-29(27-12-6-2-7-13-27)28-14-8-3-9-15-28)30-16-17-31(35-34-30)36-22-19-26(20-23-36)24-25-10-4-1-5-11-25/h1-17,26,29H,18-24H2,(H,33,37). The van der Waals surface area contributed by atoms with E-state index in [0.717, 1.165) is 44.6 Å². The molecule has 5 heteroatoms. The molecule has 188 valence electrons. The highest BCUT2D eigenvalue weighted by Crippen LogP contribution is 2.27. The van der Waals surface area contributed by atoms with E-state index >= 15 is 0 Å². The summed E-state index contributed by atoms with van der Waals surface area (Å²) < 4.78 is 0. The van der Waals surface area contributed by atoms with E-state index in [0.29, 0.717) is 18.2 Å². The van der Waals surface area contributed by atoms with E-state index in [1.807, 2.05) is 18.2 Å². The minimum absolute atomic E-state index is 0.180. The second-order valence-corrected chi connectivity index (χ2v) is 9.82.